The van der Waals surface area contributed by atoms with Crippen molar-refractivity contribution < 1.29 is 4.79 Å². The number of hydrogen-bond acceptors (Lipinski definition) is 3. The first-order valence-electron chi connectivity index (χ1n) is 4.12. The van der Waals surface area contributed by atoms with E-state index in [1.807, 2.05) is 0 Å². The van der Waals surface area contributed by atoms with Gasteiger partial charge in [-0.1, -0.05) is 0 Å². The van der Waals surface area contributed by atoms with Gasteiger partial charge >= 0.3 is 0 Å². The van der Waals surface area contributed by atoms with Gasteiger partial charge in [0.05, 0.1) is 6.20 Å². The summed E-state index contributed by atoms with van der Waals surface area (Å²) in [6.07, 6.45) is 1.63. The van der Waals surface area contributed by atoms with Gasteiger partial charge in [0.1, 0.15) is 16.5 Å². The van der Waals surface area contributed by atoms with Gasteiger partial charge in [-0.3, -0.25) is 4.79 Å². The Bertz CT molecular complexity index is 349. The Hall–Kier alpha value is -0.620. The predicted molar refractivity (Wildman–Crippen MR) is 54.1 cm³/mol. The van der Waals surface area contributed by atoms with Crippen LogP contribution in [0.4, 0.5) is 0 Å². The fourth-order valence-corrected chi connectivity index (χ4v) is 1.74. The summed E-state index contributed by atoms with van der Waals surface area (Å²) in [6, 6.07) is 0.188. The van der Waals surface area contributed by atoms with E-state index in [-0.39, 0.29) is 17.8 Å². The first-order valence-corrected chi connectivity index (χ1v) is 5.44. The molecule has 1 saturated heterocycles. The molecule has 1 aliphatic heterocycles. The maximum Gasteiger partial charge on any atom is 0.237 e. The van der Waals surface area contributed by atoms with Crippen LogP contribution in [0.25, 0.3) is 0 Å². The van der Waals surface area contributed by atoms with E-state index >= 15 is 0 Å². The lowest BCUT2D eigenvalue weighted by Crippen LogP contribution is -2.51. The maximum atomic E-state index is 11.1. The van der Waals surface area contributed by atoms with Crippen molar-refractivity contribution in [1.29, 1.82) is 0 Å². The molecule has 0 N–H and O–H groups in total. The molecule has 1 amide bonds. The Kier molecular flexibility index (Phi) is 2.73. The first-order chi connectivity index (χ1) is 6.70. The van der Waals surface area contributed by atoms with E-state index in [9.17, 15) is 4.79 Å². The average Bonchev–Trinajstić information content (AvgIpc) is 2.49. The van der Waals surface area contributed by atoms with Crippen molar-refractivity contribution in [2.45, 2.75) is 6.04 Å². The third kappa shape index (κ3) is 1.76. The Morgan fingerprint density at radius 3 is 2.93 bits per heavy atom. The summed E-state index contributed by atoms with van der Waals surface area (Å²) in [5, 5.41) is 8.15. The third-order valence-corrected chi connectivity index (χ3v) is 2.73. The number of likely N-dealkylation sites (tertiary alicyclic amines) is 1. The minimum atomic E-state index is -0.0332. The third-order valence-electron chi connectivity index (χ3n) is 2.14. The fourth-order valence-electron chi connectivity index (χ4n) is 1.32. The van der Waals surface area contributed by atoms with Crippen molar-refractivity contribution in [3.8, 4) is 0 Å². The van der Waals surface area contributed by atoms with Gasteiger partial charge in [-0.2, -0.15) is 9.90 Å². The van der Waals surface area contributed by atoms with Crippen molar-refractivity contribution in [2.24, 2.45) is 0 Å². The van der Waals surface area contributed by atoms with Crippen LogP contribution in [0.1, 0.15) is 6.04 Å². The normalized spacial score (nSPS) is 16.9. The molecule has 2 rings (SSSR count). The SMILES string of the molecule is O=C(CCl)N1CC(n2ncc(Br)n2)C1. The summed E-state index contributed by atoms with van der Waals surface area (Å²) in [4.78, 5) is 14.4. The van der Waals surface area contributed by atoms with Crippen LogP contribution < -0.4 is 0 Å². The van der Waals surface area contributed by atoms with Gasteiger partial charge in [0, 0.05) is 13.1 Å². The van der Waals surface area contributed by atoms with Crippen LogP contribution >= 0.6 is 27.5 Å². The summed E-state index contributed by atoms with van der Waals surface area (Å²) in [6.45, 7) is 1.29. The second-order valence-corrected chi connectivity index (χ2v) is 4.15. The van der Waals surface area contributed by atoms with Gasteiger partial charge in [0.2, 0.25) is 5.91 Å². The van der Waals surface area contributed by atoms with Crippen LogP contribution in [-0.4, -0.2) is 44.8 Å². The summed E-state index contributed by atoms with van der Waals surface area (Å²) in [5.74, 6) is 0.0114. The lowest BCUT2D eigenvalue weighted by molar-refractivity contribution is -0.134. The zero-order valence-electron chi connectivity index (χ0n) is 7.23. The number of amides is 1. The Labute approximate surface area is 94.1 Å². The molecule has 1 aromatic heterocycles. The van der Waals surface area contributed by atoms with Crippen LogP contribution in [-0.2, 0) is 4.79 Å². The van der Waals surface area contributed by atoms with Gasteiger partial charge in [-0.25, -0.2) is 0 Å². The summed E-state index contributed by atoms with van der Waals surface area (Å²) < 4.78 is 0.708. The number of rotatable bonds is 2. The summed E-state index contributed by atoms with van der Waals surface area (Å²) >= 11 is 8.64. The molecule has 0 spiro atoms. The van der Waals surface area contributed by atoms with Gasteiger partial charge in [0.25, 0.3) is 0 Å². The average molecular weight is 280 g/mol. The minimum absolute atomic E-state index is 0.0332. The Morgan fingerprint density at radius 2 is 2.43 bits per heavy atom. The van der Waals surface area contributed by atoms with E-state index in [0.29, 0.717) is 17.7 Å². The monoisotopic (exact) mass is 278 g/mol. The van der Waals surface area contributed by atoms with E-state index in [0.717, 1.165) is 0 Å². The fraction of sp³-hybridized carbons (Fsp3) is 0.571. The van der Waals surface area contributed by atoms with E-state index in [1.54, 1.807) is 15.9 Å². The van der Waals surface area contributed by atoms with E-state index in [2.05, 4.69) is 26.1 Å². The van der Waals surface area contributed by atoms with E-state index in [4.69, 9.17) is 11.6 Å². The molecule has 0 atom stereocenters. The highest BCUT2D eigenvalue weighted by Crippen LogP contribution is 2.20. The smallest absolute Gasteiger partial charge is 0.237 e. The molecule has 1 aliphatic rings. The molecule has 1 aromatic rings. The molecule has 0 saturated carbocycles. The first kappa shape index (κ1) is 9.92. The van der Waals surface area contributed by atoms with E-state index < -0.39 is 0 Å². The molecular formula is C7H8BrClN4O. The molecule has 76 valence electrons. The summed E-state index contributed by atoms with van der Waals surface area (Å²) in [5.41, 5.74) is 0. The van der Waals surface area contributed by atoms with Crippen LogP contribution in [0.15, 0.2) is 10.8 Å². The topological polar surface area (TPSA) is 51.0 Å². The van der Waals surface area contributed by atoms with Gasteiger partial charge < -0.3 is 4.90 Å². The number of aromatic nitrogens is 3. The van der Waals surface area contributed by atoms with Gasteiger partial charge in [-0.05, 0) is 15.9 Å². The maximum absolute atomic E-state index is 11.1. The van der Waals surface area contributed by atoms with E-state index in [1.165, 1.54) is 0 Å². The zero-order valence-corrected chi connectivity index (χ0v) is 9.57. The molecule has 5 nitrogen and oxygen atoms in total. The minimum Gasteiger partial charge on any atom is -0.337 e. The largest absolute Gasteiger partial charge is 0.337 e. The molecule has 2 heterocycles. The molecular weight excluding hydrogens is 271 g/mol. The highest BCUT2D eigenvalue weighted by atomic mass is 79.9. The van der Waals surface area contributed by atoms with Crippen LogP contribution in [0.2, 0.25) is 0 Å². The number of alkyl halides is 1. The lowest BCUT2D eigenvalue weighted by Gasteiger charge is -2.37. The Morgan fingerprint density at radius 1 is 1.71 bits per heavy atom. The molecule has 7 heteroatoms. The quantitative estimate of drug-likeness (QED) is 0.748. The molecule has 0 unspecified atom stereocenters. The molecule has 0 radical (unpaired) electrons. The molecule has 14 heavy (non-hydrogen) atoms. The number of halogens is 2. The number of carbonyl (C=O) groups excluding carboxylic acids is 1. The van der Waals surface area contributed by atoms with Gasteiger partial charge in [-0.15, -0.1) is 16.7 Å². The highest BCUT2D eigenvalue weighted by molar-refractivity contribution is 9.10. The number of nitrogens with zero attached hydrogens (tertiary/aromatic N) is 4. The zero-order chi connectivity index (χ0) is 10.1. The second-order valence-electron chi connectivity index (χ2n) is 3.07. The van der Waals surface area contributed by atoms with Crippen LogP contribution in [0.5, 0.6) is 0 Å². The van der Waals surface area contributed by atoms with Crippen molar-refractivity contribution in [3.05, 3.63) is 10.8 Å². The Balaban J connectivity index is 1.92. The second kappa shape index (κ2) is 3.86. The molecule has 0 aromatic carbocycles. The lowest BCUT2D eigenvalue weighted by atomic mass is 10.1. The molecule has 1 fully saturated rings. The number of hydrogen-bond donors (Lipinski definition) is 0. The van der Waals surface area contributed by atoms with Crippen LogP contribution in [0.3, 0.4) is 0 Å². The van der Waals surface area contributed by atoms with Crippen LogP contribution in [0, 0.1) is 0 Å². The highest BCUT2D eigenvalue weighted by Gasteiger charge is 2.32. The van der Waals surface area contributed by atoms with Crippen molar-refractivity contribution in [1.82, 2.24) is 19.9 Å². The number of carbonyl (C=O) groups is 1. The molecule has 0 bridgehead atoms. The summed E-state index contributed by atoms with van der Waals surface area (Å²) in [7, 11) is 0. The molecule has 0 aliphatic carbocycles. The standard InChI is InChI=1S/C7H8BrClN4O/c8-6-2-10-13(11-6)5-3-12(4-5)7(14)1-9/h2,5H,1,3-4H2. The predicted octanol–water partition coefficient (Wildman–Crippen LogP) is 0.663. The van der Waals surface area contributed by atoms with Crippen molar-refractivity contribution in [3.63, 3.8) is 0 Å². The van der Waals surface area contributed by atoms with Gasteiger partial charge in [0.15, 0.2) is 0 Å². The van der Waals surface area contributed by atoms with Crippen molar-refractivity contribution in [2.75, 3.05) is 19.0 Å². The van der Waals surface area contributed by atoms with Crippen molar-refractivity contribution >= 4 is 33.4 Å².